The summed E-state index contributed by atoms with van der Waals surface area (Å²) >= 11 is 5.82. The second kappa shape index (κ2) is 7.48. The molecule has 2 heterocycles. The van der Waals surface area contributed by atoms with E-state index in [0.29, 0.717) is 5.02 Å². The fourth-order valence-corrected chi connectivity index (χ4v) is 6.54. The van der Waals surface area contributed by atoms with E-state index in [1.54, 1.807) is 0 Å². The predicted molar refractivity (Wildman–Crippen MR) is 108 cm³/mol. The molecule has 2 aliphatic rings. The van der Waals surface area contributed by atoms with Gasteiger partial charge in [-0.2, -0.15) is 13.2 Å². The van der Waals surface area contributed by atoms with Crippen molar-refractivity contribution in [3.8, 4) is 5.75 Å². The first kappa shape index (κ1) is 22.6. The maximum Gasteiger partial charge on any atom is 0.416 e. The van der Waals surface area contributed by atoms with Crippen molar-refractivity contribution in [2.75, 3.05) is 13.7 Å². The Morgan fingerprint density at radius 1 is 1.16 bits per heavy atom. The molecule has 0 N–H and O–H groups in total. The molecule has 32 heavy (non-hydrogen) atoms. The minimum Gasteiger partial charge on any atom is -0.496 e. The number of nitrogens with zero attached hydrogens (tertiary/aromatic N) is 1. The number of sulfone groups is 1. The van der Waals surface area contributed by atoms with Gasteiger partial charge in [-0.1, -0.05) is 11.6 Å². The lowest BCUT2D eigenvalue weighted by Gasteiger charge is -2.44. The molecule has 11 heteroatoms. The Morgan fingerprint density at radius 2 is 1.81 bits per heavy atom. The number of ketones is 1. The lowest BCUT2D eigenvalue weighted by molar-refractivity contribution is -0.150. The number of fused-ring (bicyclic) bond motifs is 1. The Labute approximate surface area is 186 Å². The summed E-state index contributed by atoms with van der Waals surface area (Å²) in [5, 5.41) is 0.301. The number of carbonyl (C=O) groups is 2. The van der Waals surface area contributed by atoms with Gasteiger partial charge in [-0.15, -0.1) is 0 Å². The predicted octanol–water partition coefficient (Wildman–Crippen LogP) is 3.51. The van der Waals surface area contributed by atoms with Crippen LogP contribution in [0.25, 0.3) is 0 Å². The van der Waals surface area contributed by atoms with Crippen LogP contribution in [0.1, 0.15) is 17.5 Å². The van der Waals surface area contributed by atoms with Crippen LogP contribution in [0, 0.1) is 5.92 Å². The minimum absolute atomic E-state index is 0.106. The number of hydrogen-bond donors (Lipinski definition) is 0. The first-order valence-corrected chi connectivity index (χ1v) is 11.4. The van der Waals surface area contributed by atoms with Crippen molar-refractivity contribution >= 4 is 33.1 Å². The molecule has 2 aromatic rings. The molecule has 2 fully saturated rings. The molecule has 2 aliphatic heterocycles. The molecule has 6 nitrogen and oxygen atoms in total. The monoisotopic (exact) mass is 487 g/mol. The zero-order valence-corrected chi connectivity index (χ0v) is 18.2. The van der Waals surface area contributed by atoms with Crippen LogP contribution in [0.4, 0.5) is 13.2 Å². The summed E-state index contributed by atoms with van der Waals surface area (Å²) in [7, 11) is -3.00. The highest BCUT2D eigenvalue weighted by Gasteiger charge is 2.70. The van der Waals surface area contributed by atoms with Crippen molar-refractivity contribution in [3.05, 3.63) is 58.6 Å². The largest absolute Gasteiger partial charge is 0.496 e. The van der Waals surface area contributed by atoms with Crippen LogP contribution in [-0.4, -0.2) is 43.5 Å². The number of halogens is 4. The minimum atomic E-state index is -4.60. The molecule has 0 aromatic heterocycles. The van der Waals surface area contributed by atoms with Crippen molar-refractivity contribution in [2.45, 2.75) is 28.8 Å². The van der Waals surface area contributed by atoms with Gasteiger partial charge in [0.1, 0.15) is 5.75 Å². The summed E-state index contributed by atoms with van der Waals surface area (Å²) in [6.07, 6.45) is -5.31. The molecular formula is C21H17ClF3NO5S. The van der Waals surface area contributed by atoms with E-state index in [1.807, 2.05) is 0 Å². The first-order valence-electron chi connectivity index (χ1n) is 9.51. The van der Waals surface area contributed by atoms with E-state index in [9.17, 15) is 31.2 Å². The number of ether oxygens (including phenoxy) is 1. The van der Waals surface area contributed by atoms with Gasteiger partial charge < -0.3 is 9.64 Å². The number of carbonyl (C=O) groups excluding carboxylic acids is 2. The first-order chi connectivity index (χ1) is 14.9. The standard InChI is InChI=1S/C21H17ClF3NO5S/c1-31-17-7-2-14(21(23,24)25)9-12(17)8-13-11-26-18(27)10-20(26,19(13)28)32(29,30)16-5-3-15(22)4-6-16/h2-7,9,13H,8,10-11H2,1H3. The molecular weight excluding hydrogens is 471 g/mol. The van der Waals surface area contributed by atoms with E-state index < -0.39 is 50.5 Å². The SMILES string of the molecule is COc1ccc(C(F)(F)F)cc1CC1CN2C(=O)CC2(S(=O)(=O)c2ccc(Cl)cc2)C1=O. The van der Waals surface area contributed by atoms with Crippen LogP contribution < -0.4 is 4.74 Å². The number of methoxy groups -OCH3 is 1. The summed E-state index contributed by atoms with van der Waals surface area (Å²) in [5.41, 5.74) is -0.809. The number of benzene rings is 2. The molecule has 1 amide bonds. The molecule has 170 valence electrons. The van der Waals surface area contributed by atoms with Crippen LogP contribution in [0.5, 0.6) is 5.75 Å². The van der Waals surface area contributed by atoms with Gasteiger partial charge >= 0.3 is 6.18 Å². The van der Waals surface area contributed by atoms with E-state index in [2.05, 4.69) is 0 Å². The zero-order valence-electron chi connectivity index (χ0n) is 16.6. The fraction of sp³-hybridized carbons (Fsp3) is 0.333. The Kier molecular flexibility index (Phi) is 5.28. The van der Waals surface area contributed by atoms with Crippen LogP contribution in [0.2, 0.25) is 5.02 Å². The van der Waals surface area contributed by atoms with Gasteiger partial charge in [-0.05, 0) is 54.4 Å². The molecule has 0 bridgehead atoms. The highest BCUT2D eigenvalue weighted by molar-refractivity contribution is 7.93. The molecule has 4 rings (SSSR count). The Morgan fingerprint density at radius 3 is 2.38 bits per heavy atom. The summed E-state index contributed by atoms with van der Waals surface area (Å²) < 4.78 is 71.3. The van der Waals surface area contributed by atoms with Crippen molar-refractivity contribution in [3.63, 3.8) is 0 Å². The maximum absolute atomic E-state index is 13.4. The summed E-state index contributed by atoms with van der Waals surface area (Å²) in [4.78, 5) is 24.3. The van der Waals surface area contributed by atoms with Gasteiger partial charge in [0.15, 0.2) is 5.78 Å². The highest BCUT2D eigenvalue weighted by atomic mass is 35.5. The number of Topliss-reactive ketones (excluding diaryl/α,β-unsaturated/α-hetero) is 1. The van der Waals surface area contributed by atoms with Crippen molar-refractivity contribution in [2.24, 2.45) is 5.92 Å². The van der Waals surface area contributed by atoms with Gasteiger partial charge in [0.05, 0.1) is 24.0 Å². The van der Waals surface area contributed by atoms with E-state index in [1.165, 1.54) is 31.4 Å². The molecule has 2 unspecified atom stereocenters. The summed E-state index contributed by atoms with van der Waals surface area (Å²) in [5.74, 6) is -2.08. The topological polar surface area (TPSA) is 80.8 Å². The molecule has 2 atom stereocenters. The third-order valence-electron chi connectivity index (χ3n) is 5.93. The molecule has 0 saturated carbocycles. The second-order valence-electron chi connectivity index (χ2n) is 7.71. The molecule has 0 radical (unpaired) electrons. The van der Waals surface area contributed by atoms with Gasteiger partial charge in [0.25, 0.3) is 0 Å². The van der Waals surface area contributed by atoms with Crippen molar-refractivity contribution in [1.29, 1.82) is 0 Å². The van der Waals surface area contributed by atoms with Gasteiger partial charge in [-0.25, -0.2) is 8.42 Å². The molecule has 0 spiro atoms. The zero-order chi connectivity index (χ0) is 23.5. The molecule has 0 aliphatic carbocycles. The van der Waals surface area contributed by atoms with Crippen LogP contribution in [0.3, 0.4) is 0 Å². The Bertz CT molecular complexity index is 1210. The number of hydrogen-bond acceptors (Lipinski definition) is 5. The number of alkyl halides is 3. The fourth-order valence-electron chi connectivity index (χ4n) is 4.32. The van der Waals surface area contributed by atoms with Gasteiger partial charge in [-0.3, -0.25) is 9.59 Å². The van der Waals surface area contributed by atoms with Crippen molar-refractivity contribution < 1.29 is 35.9 Å². The van der Waals surface area contributed by atoms with Crippen LogP contribution in [0.15, 0.2) is 47.4 Å². The third-order valence-corrected chi connectivity index (χ3v) is 8.53. The van der Waals surface area contributed by atoms with E-state index in [-0.39, 0.29) is 29.2 Å². The summed E-state index contributed by atoms with van der Waals surface area (Å²) in [6.45, 7) is -0.204. The van der Waals surface area contributed by atoms with Crippen molar-refractivity contribution in [1.82, 2.24) is 4.90 Å². The quantitative estimate of drug-likeness (QED) is 0.603. The highest BCUT2D eigenvalue weighted by Crippen LogP contribution is 2.49. The Hall–Kier alpha value is -2.59. The van der Waals surface area contributed by atoms with E-state index >= 15 is 0 Å². The number of β-lactam (4-membered cyclic amide) rings is 1. The second-order valence-corrected chi connectivity index (χ2v) is 10.3. The lowest BCUT2D eigenvalue weighted by atomic mass is 9.92. The van der Waals surface area contributed by atoms with Crippen LogP contribution in [-0.2, 0) is 32.0 Å². The normalized spacial score (nSPS) is 23.2. The lowest BCUT2D eigenvalue weighted by Crippen LogP contribution is -2.67. The third kappa shape index (κ3) is 3.27. The maximum atomic E-state index is 13.4. The molecule has 2 saturated heterocycles. The summed E-state index contributed by atoms with van der Waals surface area (Å²) in [6, 6.07) is 8.12. The smallest absolute Gasteiger partial charge is 0.416 e. The Balaban J connectivity index is 1.71. The number of rotatable bonds is 5. The molecule has 2 aromatic carbocycles. The van der Waals surface area contributed by atoms with E-state index in [0.717, 1.165) is 23.1 Å². The average Bonchev–Trinajstić information content (AvgIpc) is 2.95. The van der Waals surface area contributed by atoms with Gasteiger partial charge in [0.2, 0.25) is 20.6 Å². The average molecular weight is 488 g/mol. The number of amides is 1. The van der Waals surface area contributed by atoms with Gasteiger partial charge in [0, 0.05) is 17.5 Å². The van der Waals surface area contributed by atoms with Crippen LogP contribution >= 0.6 is 11.6 Å². The van der Waals surface area contributed by atoms with E-state index in [4.69, 9.17) is 16.3 Å².